The molecule has 1 aliphatic rings. The number of rotatable bonds is 3. The number of nitrogens with zero attached hydrogens (tertiary/aromatic N) is 2. The first-order valence-electron chi connectivity index (χ1n) is 6.41. The van der Waals surface area contributed by atoms with Crippen LogP contribution < -0.4 is 4.90 Å². The van der Waals surface area contributed by atoms with Gasteiger partial charge in [-0.1, -0.05) is 28.1 Å². The fraction of sp³-hybridized carbons (Fsp3) is 0.286. The van der Waals surface area contributed by atoms with Crippen molar-refractivity contribution in [1.82, 2.24) is 4.90 Å². The Morgan fingerprint density at radius 1 is 1.18 bits per heavy atom. The highest BCUT2D eigenvalue weighted by atomic mass is 79.9. The van der Waals surface area contributed by atoms with E-state index in [-0.39, 0.29) is 11.3 Å². The third-order valence-electron chi connectivity index (χ3n) is 3.04. The Morgan fingerprint density at radius 3 is 2.50 bits per heavy atom. The number of hydrogen-bond donors (Lipinski definition) is 0. The lowest BCUT2D eigenvalue weighted by atomic mass is 10.1. The van der Waals surface area contributed by atoms with E-state index in [4.69, 9.17) is 0 Å². The van der Waals surface area contributed by atoms with Crippen molar-refractivity contribution < 1.29 is 22.8 Å². The van der Waals surface area contributed by atoms with Crippen molar-refractivity contribution in [2.24, 2.45) is 0 Å². The summed E-state index contributed by atoms with van der Waals surface area (Å²) in [6, 6.07) is 5.74. The molecule has 0 aromatic heterocycles. The maximum atomic E-state index is 12.7. The van der Waals surface area contributed by atoms with E-state index in [2.05, 4.69) is 15.9 Å². The van der Waals surface area contributed by atoms with Gasteiger partial charge >= 0.3 is 12.1 Å². The summed E-state index contributed by atoms with van der Waals surface area (Å²) in [7, 11) is 0. The highest BCUT2D eigenvalue weighted by Gasteiger charge is 2.44. The van der Waals surface area contributed by atoms with Gasteiger partial charge in [0.1, 0.15) is 0 Å². The molecule has 0 saturated heterocycles. The molecule has 1 heterocycles. The van der Waals surface area contributed by atoms with Gasteiger partial charge in [0.25, 0.3) is 5.91 Å². The lowest BCUT2D eigenvalue weighted by Gasteiger charge is -2.20. The molecule has 2 rings (SSSR count). The second kappa shape index (κ2) is 6.51. The molecule has 0 radical (unpaired) electrons. The van der Waals surface area contributed by atoms with Crippen LogP contribution >= 0.6 is 15.9 Å². The zero-order valence-electron chi connectivity index (χ0n) is 11.3. The molecule has 118 valence electrons. The average Bonchev–Trinajstić information content (AvgIpc) is 2.61. The molecule has 1 aliphatic heterocycles. The summed E-state index contributed by atoms with van der Waals surface area (Å²) in [6.07, 6.45) is -2.21. The monoisotopic (exact) mass is 376 g/mol. The van der Waals surface area contributed by atoms with Crippen LogP contribution in [0.5, 0.6) is 0 Å². The van der Waals surface area contributed by atoms with Crippen LogP contribution in [-0.2, 0) is 4.79 Å². The first kappa shape index (κ1) is 16.5. The van der Waals surface area contributed by atoms with Gasteiger partial charge < -0.3 is 4.90 Å². The van der Waals surface area contributed by atoms with Crippen LogP contribution in [0.1, 0.15) is 16.8 Å². The van der Waals surface area contributed by atoms with Gasteiger partial charge in [-0.05, 0) is 18.6 Å². The van der Waals surface area contributed by atoms with Crippen LogP contribution in [0.4, 0.5) is 18.9 Å². The van der Waals surface area contributed by atoms with Crippen molar-refractivity contribution in [3.05, 3.63) is 42.2 Å². The topological polar surface area (TPSA) is 40.6 Å². The summed E-state index contributed by atoms with van der Waals surface area (Å²) >= 11 is 3.23. The Hall–Kier alpha value is -1.83. The van der Waals surface area contributed by atoms with Crippen LogP contribution in [0, 0.1) is 0 Å². The molecule has 0 atom stereocenters. The first-order chi connectivity index (χ1) is 10.4. The van der Waals surface area contributed by atoms with Crippen molar-refractivity contribution in [3.8, 4) is 0 Å². The molecular formula is C14H12BrF3N2O2. The molecule has 0 saturated carbocycles. The molecule has 0 unspecified atom stereocenters. The van der Waals surface area contributed by atoms with E-state index in [0.717, 1.165) is 6.20 Å². The summed E-state index contributed by atoms with van der Waals surface area (Å²) < 4.78 is 38.2. The van der Waals surface area contributed by atoms with Gasteiger partial charge in [0.15, 0.2) is 0 Å². The van der Waals surface area contributed by atoms with Gasteiger partial charge in [0, 0.05) is 24.3 Å². The largest absolute Gasteiger partial charge is 0.472 e. The van der Waals surface area contributed by atoms with Crippen molar-refractivity contribution >= 4 is 33.4 Å². The summed E-state index contributed by atoms with van der Waals surface area (Å²) in [4.78, 5) is 25.7. The van der Waals surface area contributed by atoms with Crippen molar-refractivity contribution in [2.45, 2.75) is 12.6 Å². The average molecular weight is 377 g/mol. The van der Waals surface area contributed by atoms with Gasteiger partial charge in [0.05, 0.1) is 11.3 Å². The van der Waals surface area contributed by atoms with Crippen molar-refractivity contribution in [2.75, 3.05) is 16.8 Å². The van der Waals surface area contributed by atoms with E-state index in [1.807, 2.05) is 0 Å². The van der Waals surface area contributed by atoms with E-state index in [0.29, 0.717) is 23.2 Å². The SMILES string of the molecule is O=C1c2ccccc2N(C(=O)C(F)(F)F)C=CN1CCCBr. The van der Waals surface area contributed by atoms with Crippen LogP contribution in [0.15, 0.2) is 36.7 Å². The number of carbonyl (C=O) groups is 2. The normalized spacial score (nSPS) is 14.8. The van der Waals surface area contributed by atoms with Gasteiger partial charge in [-0.15, -0.1) is 0 Å². The Labute approximate surface area is 133 Å². The number of halogens is 4. The predicted molar refractivity (Wildman–Crippen MR) is 78.6 cm³/mol. The minimum Gasteiger partial charge on any atom is -0.313 e. The van der Waals surface area contributed by atoms with E-state index in [1.165, 1.54) is 29.3 Å². The van der Waals surface area contributed by atoms with Crippen LogP contribution in [-0.4, -0.2) is 34.8 Å². The summed E-state index contributed by atoms with van der Waals surface area (Å²) in [6.45, 7) is 0.336. The number of amides is 2. The third-order valence-corrected chi connectivity index (χ3v) is 3.61. The van der Waals surface area contributed by atoms with Crippen molar-refractivity contribution in [1.29, 1.82) is 0 Å². The molecule has 0 bridgehead atoms. The minimum absolute atomic E-state index is 0.0553. The smallest absolute Gasteiger partial charge is 0.313 e. The summed E-state index contributed by atoms with van der Waals surface area (Å²) in [5.41, 5.74) is -0.0212. The molecule has 2 amide bonds. The Morgan fingerprint density at radius 2 is 1.86 bits per heavy atom. The molecule has 0 fully saturated rings. The highest BCUT2D eigenvalue weighted by Crippen LogP contribution is 2.29. The van der Waals surface area contributed by atoms with Crippen LogP contribution in [0.25, 0.3) is 0 Å². The summed E-state index contributed by atoms with van der Waals surface area (Å²) in [5, 5.41) is 0.650. The number of carbonyl (C=O) groups excluding carboxylic acids is 2. The first-order valence-corrected chi connectivity index (χ1v) is 7.53. The zero-order valence-corrected chi connectivity index (χ0v) is 12.9. The lowest BCUT2D eigenvalue weighted by molar-refractivity contribution is -0.169. The molecule has 1 aromatic rings. The fourth-order valence-electron chi connectivity index (χ4n) is 2.03. The van der Waals surface area contributed by atoms with Gasteiger partial charge in [-0.3, -0.25) is 14.5 Å². The molecule has 22 heavy (non-hydrogen) atoms. The number of anilines is 1. The number of para-hydroxylation sites is 1. The Kier molecular flexibility index (Phi) is 4.90. The number of alkyl halides is 4. The van der Waals surface area contributed by atoms with E-state index >= 15 is 0 Å². The van der Waals surface area contributed by atoms with Gasteiger partial charge in [0.2, 0.25) is 0 Å². The molecule has 0 spiro atoms. The van der Waals surface area contributed by atoms with Crippen LogP contribution in [0.2, 0.25) is 0 Å². The van der Waals surface area contributed by atoms with Gasteiger partial charge in [-0.25, -0.2) is 0 Å². The van der Waals surface area contributed by atoms with Gasteiger partial charge in [-0.2, -0.15) is 13.2 Å². The molecule has 0 N–H and O–H groups in total. The molecule has 4 nitrogen and oxygen atoms in total. The fourth-order valence-corrected chi connectivity index (χ4v) is 2.29. The molecule has 1 aromatic carbocycles. The molecule has 0 aliphatic carbocycles. The van der Waals surface area contributed by atoms with E-state index < -0.39 is 18.0 Å². The number of hydrogen-bond acceptors (Lipinski definition) is 2. The van der Waals surface area contributed by atoms with Crippen molar-refractivity contribution in [3.63, 3.8) is 0 Å². The Balaban J connectivity index is 2.46. The molecule has 8 heteroatoms. The number of benzene rings is 1. The minimum atomic E-state index is -5.02. The third kappa shape index (κ3) is 3.32. The lowest BCUT2D eigenvalue weighted by Crippen LogP contribution is -2.38. The maximum Gasteiger partial charge on any atom is 0.472 e. The quantitative estimate of drug-likeness (QED) is 0.759. The maximum absolute atomic E-state index is 12.7. The van der Waals surface area contributed by atoms with Crippen LogP contribution in [0.3, 0.4) is 0 Å². The highest BCUT2D eigenvalue weighted by molar-refractivity contribution is 9.09. The number of fused-ring (bicyclic) bond motifs is 1. The predicted octanol–water partition coefficient (Wildman–Crippen LogP) is 3.29. The van der Waals surface area contributed by atoms with E-state index in [1.54, 1.807) is 6.07 Å². The standard InChI is InChI=1S/C14H12BrF3N2O2/c15-6-3-7-19-8-9-20(13(22)14(16,17)18)11-5-2-1-4-10(11)12(19)21/h1-2,4-5,8-9H,3,6-7H2. The van der Waals surface area contributed by atoms with E-state index in [9.17, 15) is 22.8 Å². The second-order valence-corrected chi connectivity index (χ2v) is 5.32. The second-order valence-electron chi connectivity index (χ2n) is 4.53. The Bertz CT molecular complexity index is 616. The summed E-state index contributed by atoms with van der Waals surface area (Å²) in [5.74, 6) is -2.48. The molecular weight excluding hydrogens is 365 g/mol. The zero-order chi connectivity index (χ0) is 16.3.